The van der Waals surface area contributed by atoms with Gasteiger partial charge in [0.25, 0.3) is 5.91 Å². The van der Waals surface area contributed by atoms with E-state index in [1.54, 1.807) is 0 Å². The molecule has 26 heavy (non-hydrogen) atoms. The average Bonchev–Trinajstić information content (AvgIpc) is 3.11. The number of halogens is 2. The maximum Gasteiger partial charge on any atom is 0.267 e. The first-order valence-corrected chi connectivity index (χ1v) is 9.79. The lowest BCUT2D eigenvalue weighted by molar-refractivity contribution is 0.0671. The molecule has 2 aromatic rings. The van der Waals surface area contributed by atoms with Crippen LogP contribution in [0, 0.1) is 17.6 Å². The molecule has 4 nitrogen and oxygen atoms in total. The summed E-state index contributed by atoms with van der Waals surface area (Å²) in [7, 11) is 0. The molecule has 1 atom stereocenters. The number of benzene rings is 1. The summed E-state index contributed by atoms with van der Waals surface area (Å²) in [6.45, 7) is 5.31. The first-order chi connectivity index (χ1) is 12.5. The minimum absolute atomic E-state index is 0.0227. The zero-order valence-corrected chi connectivity index (χ0v) is 15.9. The summed E-state index contributed by atoms with van der Waals surface area (Å²) in [5.74, 6) is -0.616. The third kappa shape index (κ3) is 4.09. The number of amides is 1. The Hall–Kier alpha value is -1.89. The number of rotatable bonds is 5. The molecule has 3 rings (SSSR count). The summed E-state index contributed by atoms with van der Waals surface area (Å²) in [6.07, 6.45) is 2.89. The van der Waals surface area contributed by atoms with Crippen LogP contribution in [-0.4, -0.2) is 33.5 Å². The molecule has 1 saturated heterocycles. The fourth-order valence-corrected chi connectivity index (χ4v) is 4.26. The molecular formula is C19H23F2N3OS. The smallest absolute Gasteiger partial charge is 0.267 e. The van der Waals surface area contributed by atoms with Crippen molar-refractivity contribution >= 4 is 17.4 Å². The molecular weight excluding hydrogens is 356 g/mol. The van der Waals surface area contributed by atoms with Gasteiger partial charge in [-0.2, -0.15) is 0 Å². The van der Waals surface area contributed by atoms with Crippen molar-refractivity contribution < 1.29 is 13.6 Å². The molecule has 140 valence electrons. The number of nitrogens with zero attached hydrogens (tertiary/aromatic N) is 3. The number of hydrogen-bond acceptors (Lipinski definition) is 4. The van der Waals surface area contributed by atoms with E-state index in [0.717, 1.165) is 30.1 Å². The molecule has 1 unspecified atom stereocenters. The van der Waals surface area contributed by atoms with Gasteiger partial charge in [-0.25, -0.2) is 8.78 Å². The second-order valence-corrected chi connectivity index (χ2v) is 7.89. The normalized spacial score (nSPS) is 17.7. The Morgan fingerprint density at radius 2 is 2.08 bits per heavy atom. The number of carbonyl (C=O) groups is 1. The number of hydrogen-bond donors (Lipinski definition) is 0. The molecule has 1 aromatic carbocycles. The highest BCUT2D eigenvalue weighted by molar-refractivity contribution is 7.08. The van der Waals surface area contributed by atoms with Crippen molar-refractivity contribution in [2.45, 2.75) is 45.4 Å². The molecule has 2 heterocycles. The Kier molecular flexibility index (Phi) is 5.96. The van der Waals surface area contributed by atoms with E-state index < -0.39 is 11.6 Å². The number of carbonyl (C=O) groups excluding carboxylic acids is 1. The highest BCUT2D eigenvalue weighted by atomic mass is 32.1. The standard InChI is InChI=1S/C19H23F2N3OS/c1-12(2)17-18(26-23-22-17)19(25)24-10-4-5-13(11-24)8-9-14-15(20)6-3-7-16(14)21/h3,6-7,12-13H,4-5,8-11H2,1-2H3. The molecule has 0 bridgehead atoms. The number of piperidine rings is 1. The maximum atomic E-state index is 13.8. The van der Waals surface area contributed by atoms with Crippen molar-refractivity contribution in [3.05, 3.63) is 46.0 Å². The van der Waals surface area contributed by atoms with Crippen molar-refractivity contribution in [2.24, 2.45) is 5.92 Å². The largest absolute Gasteiger partial charge is 0.338 e. The third-order valence-electron chi connectivity index (χ3n) is 4.92. The Bertz CT molecular complexity index is 758. The van der Waals surface area contributed by atoms with Gasteiger partial charge in [0.2, 0.25) is 0 Å². The van der Waals surface area contributed by atoms with E-state index in [0.29, 0.717) is 30.8 Å². The first-order valence-electron chi connectivity index (χ1n) is 9.01. The van der Waals surface area contributed by atoms with Gasteiger partial charge < -0.3 is 4.90 Å². The topological polar surface area (TPSA) is 46.1 Å². The molecule has 0 radical (unpaired) electrons. The molecule has 0 saturated carbocycles. The van der Waals surface area contributed by atoms with E-state index in [4.69, 9.17) is 0 Å². The lowest BCUT2D eigenvalue weighted by Crippen LogP contribution is -2.40. The van der Waals surface area contributed by atoms with Crippen LogP contribution >= 0.6 is 11.5 Å². The molecule has 0 N–H and O–H groups in total. The Labute approximate surface area is 156 Å². The summed E-state index contributed by atoms with van der Waals surface area (Å²) in [4.78, 5) is 15.3. The first kappa shape index (κ1) is 18.9. The van der Waals surface area contributed by atoms with Gasteiger partial charge >= 0.3 is 0 Å². The molecule has 0 aliphatic carbocycles. The second kappa shape index (κ2) is 8.20. The lowest BCUT2D eigenvalue weighted by atomic mass is 9.91. The molecule has 1 aromatic heterocycles. The Morgan fingerprint density at radius 3 is 2.77 bits per heavy atom. The summed E-state index contributed by atoms with van der Waals surface area (Å²) < 4.78 is 31.5. The predicted molar refractivity (Wildman–Crippen MR) is 97.3 cm³/mol. The summed E-state index contributed by atoms with van der Waals surface area (Å²) >= 11 is 1.14. The third-order valence-corrected chi connectivity index (χ3v) is 5.65. The van der Waals surface area contributed by atoms with E-state index in [9.17, 15) is 13.6 Å². The van der Waals surface area contributed by atoms with Gasteiger partial charge in [-0.05, 0) is 61.2 Å². The van der Waals surface area contributed by atoms with Crippen molar-refractivity contribution in [2.75, 3.05) is 13.1 Å². The zero-order valence-electron chi connectivity index (χ0n) is 15.0. The molecule has 1 aliphatic rings. The molecule has 7 heteroatoms. The van der Waals surface area contributed by atoms with Crippen LogP contribution in [0.4, 0.5) is 8.78 Å². The van der Waals surface area contributed by atoms with Crippen LogP contribution in [0.1, 0.15) is 60.0 Å². The fourth-order valence-electron chi connectivity index (χ4n) is 3.47. The van der Waals surface area contributed by atoms with Gasteiger partial charge in [0.15, 0.2) is 0 Å². The van der Waals surface area contributed by atoms with E-state index in [1.165, 1.54) is 18.2 Å². The van der Waals surface area contributed by atoms with E-state index in [-0.39, 0.29) is 23.3 Å². The van der Waals surface area contributed by atoms with Crippen LogP contribution in [0.3, 0.4) is 0 Å². The maximum absolute atomic E-state index is 13.8. The van der Waals surface area contributed by atoms with Crippen molar-refractivity contribution in [1.29, 1.82) is 0 Å². The van der Waals surface area contributed by atoms with Gasteiger partial charge in [0, 0.05) is 18.7 Å². The lowest BCUT2D eigenvalue weighted by Gasteiger charge is -2.32. The molecule has 1 fully saturated rings. The van der Waals surface area contributed by atoms with Crippen LogP contribution in [0.5, 0.6) is 0 Å². The van der Waals surface area contributed by atoms with Crippen LogP contribution in [-0.2, 0) is 6.42 Å². The van der Waals surface area contributed by atoms with Crippen LogP contribution in [0.15, 0.2) is 18.2 Å². The van der Waals surface area contributed by atoms with E-state index in [1.807, 2.05) is 18.7 Å². The molecule has 0 spiro atoms. The van der Waals surface area contributed by atoms with Gasteiger partial charge in [-0.3, -0.25) is 4.79 Å². The Balaban J connectivity index is 1.64. The SMILES string of the molecule is CC(C)c1nnsc1C(=O)N1CCCC(CCc2c(F)cccc2F)C1. The van der Waals surface area contributed by atoms with E-state index in [2.05, 4.69) is 9.59 Å². The predicted octanol–water partition coefficient (Wildman–Crippen LogP) is 4.42. The highest BCUT2D eigenvalue weighted by Gasteiger charge is 2.28. The monoisotopic (exact) mass is 379 g/mol. The summed E-state index contributed by atoms with van der Waals surface area (Å²) in [6, 6.07) is 3.96. The number of likely N-dealkylation sites (tertiary alicyclic amines) is 1. The van der Waals surface area contributed by atoms with Crippen molar-refractivity contribution in [1.82, 2.24) is 14.5 Å². The second-order valence-electron chi connectivity index (χ2n) is 7.14. The van der Waals surface area contributed by atoms with Gasteiger partial charge in [0.05, 0.1) is 5.69 Å². The van der Waals surface area contributed by atoms with Crippen LogP contribution in [0.2, 0.25) is 0 Å². The Morgan fingerprint density at radius 1 is 1.35 bits per heavy atom. The van der Waals surface area contributed by atoms with Gasteiger partial charge in [-0.15, -0.1) is 5.10 Å². The van der Waals surface area contributed by atoms with Crippen LogP contribution < -0.4 is 0 Å². The molecule has 1 amide bonds. The quantitative estimate of drug-likeness (QED) is 0.772. The van der Waals surface area contributed by atoms with E-state index >= 15 is 0 Å². The summed E-state index contributed by atoms with van der Waals surface area (Å²) in [5.41, 5.74) is 0.889. The van der Waals surface area contributed by atoms with Gasteiger partial charge in [0.1, 0.15) is 16.5 Å². The van der Waals surface area contributed by atoms with Crippen molar-refractivity contribution in [3.8, 4) is 0 Å². The minimum atomic E-state index is -0.494. The fraction of sp³-hybridized carbons (Fsp3) is 0.526. The average molecular weight is 379 g/mol. The summed E-state index contributed by atoms with van der Waals surface area (Å²) in [5, 5.41) is 4.08. The number of aromatic nitrogens is 2. The molecule has 1 aliphatic heterocycles. The van der Waals surface area contributed by atoms with Gasteiger partial charge in [-0.1, -0.05) is 24.4 Å². The highest BCUT2D eigenvalue weighted by Crippen LogP contribution is 2.27. The van der Waals surface area contributed by atoms with Crippen molar-refractivity contribution in [3.63, 3.8) is 0 Å². The minimum Gasteiger partial charge on any atom is -0.338 e. The van der Waals surface area contributed by atoms with Crippen LogP contribution in [0.25, 0.3) is 0 Å². The zero-order chi connectivity index (χ0) is 18.7.